The summed E-state index contributed by atoms with van der Waals surface area (Å²) in [5.74, 6) is 8.02. The van der Waals surface area contributed by atoms with E-state index in [1.165, 1.54) is 0 Å². The molecule has 2 aromatic rings. The van der Waals surface area contributed by atoms with Crippen molar-refractivity contribution < 1.29 is 0 Å². The van der Waals surface area contributed by atoms with E-state index >= 15 is 0 Å². The minimum atomic E-state index is 0.319. The van der Waals surface area contributed by atoms with E-state index in [2.05, 4.69) is 41.5 Å². The van der Waals surface area contributed by atoms with Crippen LogP contribution in [0.25, 0.3) is 11.4 Å². The molecule has 1 heterocycles. The van der Waals surface area contributed by atoms with Gasteiger partial charge < -0.3 is 10.7 Å². The quantitative estimate of drug-likeness (QED) is 0.576. The molecule has 0 fully saturated rings. The largest absolute Gasteiger partial charge is 0.367 e. The van der Waals surface area contributed by atoms with Crippen molar-refractivity contribution in [2.45, 2.75) is 26.8 Å². The van der Waals surface area contributed by atoms with Crippen LogP contribution in [0.5, 0.6) is 0 Å². The molecule has 1 aromatic carbocycles. The summed E-state index contributed by atoms with van der Waals surface area (Å²) in [5, 5.41) is 3.38. The fourth-order valence-electron chi connectivity index (χ4n) is 1.71. The molecule has 0 bridgehead atoms. The normalized spacial score (nSPS) is 12.2. The van der Waals surface area contributed by atoms with Crippen LogP contribution in [0.2, 0.25) is 0 Å². The van der Waals surface area contributed by atoms with E-state index in [1.54, 1.807) is 0 Å². The summed E-state index contributed by atoms with van der Waals surface area (Å²) in [6, 6.07) is 12.0. The van der Waals surface area contributed by atoms with E-state index in [0.717, 1.165) is 11.4 Å². The zero-order chi connectivity index (χ0) is 14.5. The molecule has 0 amide bonds. The highest BCUT2D eigenvalue weighted by Gasteiger charge is 2.10. The van der Waals surface area contributed by atoms with Crippen LogP contribution in [0.4, 0.5) is 11.6 Å². The lowest BCUT2D eigenvalue weighted by atomic mass is 10.1. The third-order valence-electron chi connectivity index (χ3n) is 3.28. The molecule has 0 aliphatic heterocycles. The number of nitrogens with one attached hydrogen (secondary N) is 2. The van der Waals surface area contributed by atoms with Crippen molar-refractivity contribution in [3.8, 4) is 11.4 Å². The van der Waals surface area contributed by atoms with Gasteiger partial charge in [-0.3, -0.25) is 0 Å². The fourth-order valence-corrected chi connectivity index (χ4v) is 1.71. The molecule has 1 atom stereocenters. The van der Waals surface area contributed by atoms with Crippen molar-refractivity contribution in [3.05, 3.63) is 36.4 Å². The Hall–Kier alpha value is -2.14. The van der Waals surface area contributed by atoms with E-state index in [0.29, 0.717) is 23.6 Å². The summed E-state index contributed by atoms with van der Waals surface area (Å²) in [4.78, 5) is 8.94. The van der Waals surface area contributed by atoms with Crippen LogP contribution >= 0.6 is 0 Å². The number of hydrogen-bond donors (Lipinski definition) is 3. The lowest BCUT2D eigenvalue weighted by Crippen LogP contribution is -2.22. The van der Waals surface area contributed by atoms with Crippen molar-refractivity contribution >= 4 is 11.6 Å². The molecule has 5 nitrogen and oxygen atoms in total. The minimum Gasteiger partial charge on any atom is -0.367 e. The molecule has 1 aromatic heterocycles. The summed E-state index contributed by atoms with van der Waals surface area (Å²) in [5.41, 5.74) is 3.55. The van der Waals surface area contributed by atoms with Crippen molar-refractivity contribution in [1.82, 2.24) is 9.97 Å². The zero-order valence-electron chi connectivity index (χ0n) is 12.1. The summed E-state index contributed by atoms with van der Waals surface area (Å²) in [7, 11) is 0. The number of nitrogen functional groups attached to an aromatic ring is 1. The molecule has 4 N–H and O–H groups in total. The Labute approximate surface area is 119 Å². The summed E-state index contributed by atoms with van der Waals surface area (Å²) in [6.07, 6.45) is 0. The van der Waals surface area contributed by atoms with Crippen LogP contribution < -0.4 is 16.6 Å². The number of hydrazine groups is 1. The van der Waals surface area contributed by atoms with Gasteiger partial charge >= 0.3 is 0 Å². The second-order valence-corrected chi connectivity index (χ2v) is 5.15. The lowest BCUT2D eigenvalue weighted by Gasteiger charge is -2.19. The van der Waals surface area contributed by atoms with Gasteiger partial charge in [-0.2, -0.15) is 0 Å². The summed E-state index contributed by atoms with van der Waals surface area (Å²) >= 11 is 0. The standard InChI is InChI=1S/C15H21N5/c1-10(2)11(3)17-13-9-14(20-16)19-15(18-13)12-7-5-4-6-8-12/h4-11H,16H2,1-3H3,(H2,17,18,19,20). The zero-order valence-corrected chi connectivity index (χ0v) is 12.1. The number of nitrogens with zero attached hydrogens (tertiary/aromatic N) is 2. The van der Waals surface area contributed by atoms with Crippen molar-refractivity contribution in [2.24, 2.45) is 11.8 Å². The highest BCUT2D eigenvalue weighted by Crippen LogP contribution is 2.20. The first kappa shape index (κ1) is 14.3. The van der Waals surface area contributed by atoms with Crippen molar-refractivity contribution in [2.75, 3.05) is 10.7 Å². The molecule has 20 heavy (non-hydrogen) atoms. The molecule has 106 valence electrons. The molecule has 5 heteroatoms. The molecule has 2 rings (SSSR count). The maximum atomic E-state index is 5.49. The highest BCUT2D eigenvalue weighted by atomic mass is 15.3. The Bertz CT molecular complexity index is 553. The Morgan fingerprint density at radius 1 is 1.00 bits per heavy atom. The van der Waals surface area contributed by atoms with Crippen LogP contribution in [0, 0.1) is 5.92 Å². The number of hydrogen-bond acceptors (Lipinski definition) is 5. The van der Waals surface area contributed by atoms with Crippen molar-refractivity contribution in [1.29, 1.82) is 0 Å². The maximum absolute atomic E-state index is 5.49. The molecule has 1 unspecified atom stereocenters. The first-order chi connectivity index (χ1) is 9.60. The third-order valence-corrected chi connectivity index (χ3v) is 3.28. The molecule has 0 aliphatic carbocycles. The van der Waals surface area contributed by atoms with Gasteiger partial charge in [-0.05, 0) is 12.8 Å². The van der Waals surface area contributed by atoms with Crippen LogP contribution in [0.15, 0.2) is 36.4 Å². The van der Waals surface area contributed by atoms with Gasteiger partial charge in [0.2, 0.25) is 0 Å². The van der Waals surface area contributed by atoms with Crippen LogP contribution in [0.3, 0.4) is 0 Å². The SMILES string of the molecule is CC(C)C(C)Nc1cc(NN)nc(-c2ccccc2)n1. The smallest absolute Gasteiger partial charge is 0.163 e. The van der Waals surface area contributed by atoms with Gasteiger partial charge in [0.25, 0.3) is 0 Å². The van der Waals surface area contributed by atoms with E-state index in [4.69, 9.17) is 5.84 Å². The van der Waals surface area contributed by atoms with Crippen molar-refractivity contribution in [3.63, 3.8) is 0 Å². The number of anilines is 2. The van der Waals surface area contributed by atoms with E-state index in [-0.39, 0.29) is 0 Å². The van der Waals surface area contributed by atoms with Gasteiger partial charge in [0.05, 0.1) is 0 Å². The van der Waals surface area contributed by atoms with E-state index in [9.17, 15) is 0 Å². The maximum Gasteiger partial charge on any atom is 0.163 e. The van der Waals surface area contributed by atoms with Crippen LogP contribution in [0.1, 0.15) is 20.8 Å². The molecule has 0 spiro atoms. The summed E-state index contributed by atoms with van der Waals surface area (Å²) in [6.45, 7) is 6.46. The van der Waals surface area contributed by atoms with Gasteiger partial charge in [0.15, 0.2) is 5.82 Å². The fraction of sp³-hybridized carbons (Fsp3) is 0.333. The van der Waals surface area contributed by atoms with Gasteiger partial charge in [-0.25, -0.2) is 15.8 Å². The van der Waals surface area contributed by atoms with Gasteiger partial charge in [0, 0.05) is 17.7 Å². The predicted octanol–water partition coefficient (Wildman–Crippen LogP) is 2.89. The molecule has 0 radical (unpaired) electrons. The Balaban J connectivity index is 2.34. The van der Waals surface area contributed by atoms with Gasteiger partial charge in [-0.15, -0.1) is 0 Å². The number of rotatable bonds is 5. The van der Waals surface area contributed by atoms with E-state index in [1.807, 2.05) is 36.4 Å². The number of benzene rings is 1. The second kappa shape index (κ2) is 6.34. The minimum absolute atomic E-state index is 0.319. The average Bonchev–Trinajstić information content (AvgIpc) is 2.47. The van der Waals surface area contributed by atoms with Crippen LogP contribution in [-0.4, -0.2) is 16.0 Å². The highest BCUT2D eigenvalue weighted by molar-refractivity contribution is 5.61. The van der Waals surface area contributed by atoms with Crippen LogP contribution in [-0.2, 0) is 0 Å². The molecular formula is C15H21N5. The third kappa shape index (κ3) is 3.45. The molecule has 0 aliphatic rings. The second-order valence-electron chi connectivity index (χ2n) is 5.15. The topological polar surface area (TPSA) is 75.9 Å². The van der Waals surface area contributed by atoms with Gasteiger partial charge in [-0.1, -0.05) is 44.2 Å². The molecular weight excluding hydrogens is 250 g/mol. The Kier molecular flexibility index (Phi) is 4.53. The number of nitrogens with two attached hydrogens (primary N) is 1. The lowest BCUT2D eigenvalue weighted by molar-refractivity contribution is 0.558. The average molecular weight is 271 g/mol. The number of aromatic nitrogens is 2. The Morgan fingerprint density at radius 2 is 1.65 bits per heavy atom. The molecule has 0 saturated heterocycles. The first-order valence-corrected chi connectivity index (χ1v) is 6.78. The van der Waals surface area contributed by atoms with Gasteiger partial charge in [0.1, 0.15) is 11.6 Å². The van der Waals surface area contributed by atoms with E-state index < -0.39 is 0 Å². The molecule has 0 saturated carbocycles. The first-order valence-electron chi connectivity index (χ1n) is 6.78. The Morgan fingerprint density at radius 3 is 2.25 bits per heavy atom. The monoisotopic (exact) mass is 271 g/mol. The predicted molar refractivity (Wildman–Crippen MR) is 83.2 cm³/mol. The summed E-state index contributed by atoms with van der Waals surface area (Å²) < 4.78 is 0.